The van der Waals surface area contributed by atoms with Gasteiger partial charge in [0.2, 0.25) is 5.91 Å². The molecule has 0 aromatic heterocycles. The van der Waals surface area contributed by atoms with Crippen LogP contribution in [0, 0.1) is 5.92 Å². The molecule has 1 N–H and O–H groups in total. The van der Waals surface area contributed by atoms with Crippen LogP contribution in [0.4, 0.5) is 0 Å². The fraction of sp³-hybridized carbons (Fsp3) is 0.867. The van der Waals surface area contributed by atoms with E-state index in [1.54, 1.807) is 0 Å². The molecule has 2 saturated heterocycles. The Morgan fingerprint density at radius 1 is 1.40 bits per heavy atom. The van der Waals surface area contributed by atoms with E-state index in [0.29, 0.717) is 26.0 Å². The van der Waals surface area contributed by atoms with E-state index in [0.717, 1.165) is 25.7 Å². The Balaban J connectivity index is 2.08. The van der Waals surface area contributed by atoms with Crippen LogP contribution in [-0.2, 0) is 14.3 Å². The van der Waals surface area contributed by atoms with Crippen molar-refractivity contribution in [3.05, 3.63) is 0 Å². The van der Waals surface area contributed by atoms with Crippen molar-refractivity contribution in [1.29, 1.82) is 0 Å². The summed E-state index contributed by atoms with van der Waals surface area (Å²) in [4.78, 5) is 25.1. The summed E-state index contributed by atoms with van der Waals surface area (Å²) in [5, 5.41) is 9.17. The van der Waals surface area contributed by atoms with Crippen LogP contribution >= 0.6 is 0 Å². The van der Waals surface area contributed by atoms with Crippen LogP contribution in [0.2, 0.25) is 0 Å². The van der Waals surface area contributed by atoms with Crippen LogP contribution in [-0.4, -0.2) is 46.7 Å². The van der Waals surface area contributed by atoms with Gasteiger partial charge >= 0.3 is 5.97 Å². The first-order chi connectivity index (χ1) is 9.51. The highest BCUT2D eigenvalue weighted by atomic mass is 16.5. The van der Waals surface area contributed by atoms with Crippen LogP contribution in [0.3, 0.4) is 0 Å². The number of likely N-dealkylation sites (tertiary alicyclic amines) is 1. The smallest absolute Gasteiger partial charge is 0.308 e. The van der Waals surface area contributed by atoms with Gasteiger partial charge in [0.15, 0.2) is 0 Å². The third kappa shape index (κ3) is 2.97. The lowest BCUT2D eigenvalue weighted by atomic mass is 9.84. The average Bonchev–Trinajstić information content (AvgIpc) is 2.47. The second-order valence-corrected chi connectivity index (χ2v) is 6.01. The quantitative estimate of drug-likeness (QED) is 0.857. The summed E-state index contributed by atoms with van der Waals surface area (Å²) in [6, 6.07) is 0.137. The first kappa shape index (κ1) is 15.3. The Kier molecular flexibility index (Phi) is 4.68. The number of ether oxygens (including phenoxy) is 1. The van der Waals surface area contributed by atoms with Crippen molar-refractivity contribution in [2.45, 2.75) is 64.0 Å². The summed E-state index contributed by atoms with van der Waals surface area (Å²) >= 11 is 0. The van der Waals surface area contributed by atoms with Crippen LogP contribution in [0.1, 0.15) is 52.4 Å². The summed E-state index contributed by atoms with van der Waals surface area (Å²) in [6.07, 6.45) is 4.35. The second-order valence-electron chi connectivity index (χ2n) is 6.01. The zero-order valence-corrected chi connectivity index (χ0v) is 12.4. The molecule has 2 atom stereocenters. The van der Waals surface area contributed by atoms with Crippen molar-refractivity contribution in [2.75, 3.05) is 13.2 Å². The third-order valence-corrected chi connectivity index (χ3v) is 4.99. The lowest BCUT2D eigenvalue weighted by molar-refractivity contribution is -0.155. The molecule has 1 amide bonds. The highest BCUT2D eigenvalue weighted by molar-refractivity contribution is 5.80. The number of hydrogen-bond acceptors (Lipinski definition) is 3. The molecular formula is C15H25NO4. The average molecular weight is 283 g/mol. The molecule has 20 heavy (non-hydrogen) atoms. The SMILES string of the molecule is CCC1(CC)CC(N2CC(C(=O)O)CCC2=O)CCO1. The lowest BCUT2D eigenvalue weighted by Crippen LogP contribution is -2.53. The normalized spacial score (nSPS) is 30.3. The van der Waals surface area contributed by atoms with Gasteiger partial charge in [0.05, 0.1) is 11.5 Å². The zero-order valence-electron chi connectivity index (χ0n) is 12.4. The third-order valence-electron chi connectivity index (χ3n) is 4.99. The highest BCUT2D eigenvalue weighted by Crippen LogP contribution is 2.35. The first-order valence-corrected chi connectivity index (χ1v) is 7.67. The molecule has 0 aliphatic carbocycles. The topological polar surface area (TPSA) is 66.8 Å². The molecule has 114 valence electrons. The van der Waals surface area contributed by atoms with E-state index in [9.17, 15) is 14.7 Å². The number of nitrogens with zero attached hydrogens (tertiary/aromatic N) is 1. The van der Waals surface area contributed by atoms with E-state index in [1.807, 2.05) is 4.90 Å². The van der Waals surface area contributed by atoms with Crippen molar-refractivity contribution in [2.24, 2.45) is 5.92 Å². The van der Waals surface area contributed by atoms with Gasteiger partial charge in [-0.2, -0.15) is 0 Å². The predicted octanol–water partition coefficient (Wildman–Crippen LogP) is 2.05. The number of hydrogen-bond donors (Lipinski definition) is 1. The summed E-state index contributed by atoms with van der Waals surface area (Å²) in [5.74, 6) is -1.09. The van der Waals surface area contributed by atoms with Gasteiger partial charge in [-0.1, -0.05) is 13.8 Å². The minimum Gasteiger partial charge on any atom is -0.481 e. The van der Waals surface area contributed by atoms with E-state index >= 15 is 0 Å². The number of carboxylic acid groups (broad SMARTS) is 1. The Labute approximate surface area is 120 Å². The van der Waals surface area contributed by atoms with Crippen molar-refractivity contribution in [3.63, 3.8) is 0 Å². The maximum atomic E-state index is 12.1. The molecule has 2 fully saturated rings. The fourth-order valence-electron chi connectivity index (χ4n) is 3.44. The maximum Gasteiger partial charge on any atom is 0.308 e. The van der Waals surface area contributed by atoms with E-state index in [2.05, 4.69) is 13.8 Å². The van der Waals surface area contributed by atoms with Gasteiger partial charge in [-0.25, -0.2) is 0 Å². The van der Waals surface area contributed by atoms with Gasteiger partial charge in [-0.05, 0) is 32.1 Å². The number of rotatable bonds is 4. The predicted molar refractivity (Wildman–Crippen MR) is 74.4 cm³/mol. The van der Waals surface area contributed by atoms with Crippen LogP contribution < -0.4 is 0 Å². The standard InChI is InChI=1S/C15H25NO4/c1-3-15(4-2)9-12(7-8-20-15)16-10-11(14(18)19)5-6-13(16)17/h11-12H,3-10H2,1-2H3,(H,18,19). The van der Waals surface area contributed by atoms with Gasteiger partial charge in [0, 0.05) is 25.6 Å². The number of amides is 1. The number of carboxylic acids is 1. The van der Waals surface area contributed by atoms with E-state index in [4.69, 9.17) is 4.74 Å². The minimum absolute atomic E-state index is 0.107. The number of aliphatic carboxylic acids is 1. The van der Waals surface area contributed by atoms with Crippen molar-refractivity contribution in [3.8, 4) is 0 Å². The monoisotopic (exact) mass is 283 g/mol. The fourth-order valence-corrected chi connectivity index (χ4v) is 3.44. The molecule has 2 aliphatic heterocycles. The molecule has 0 aromatic rings. The molecular weight excluding hydrogens is 258 g/mol. The lowest BCUT2D eigenvalue weighted by Gasteiger charge is -2.46. The highest BCUT2D eigenvalue weighted by Gasteiger charge is 2.41. The Morgan fingerprint density at radius 2 is 2.10 bits per heavy atom. The largest absolute Gasteiger partial charge is 0.481 e. The molecule has 5 nitrogen and oxygen atoms in total. The molecule has 0 saturated carbocycles. The van der Waals surface area contributed by atoms with Gasteiger partial charge < -0.3 is 14.7 Å². The minimum atomic E-state index is -0.785. The Hall–Kier alpha value is -1.10. The molecule has 2 heterocycles. The molecule has 0 aromatic carbocycles. The van der Waals surface area contributed by atoms with Gasteiger partial charge in [-0.15, -0.1) is 0 Å². The summed E-state index contributed by atoms with van der Waals surface area (Å²) < 4.78 is 5.94. The number of carbonyl (C=O) groups is 2. The van der Waals surface area contributed by atoms with E-state index in [1.165, 1.54) is 0 Å². The molecule has 2 unspecified atom stereocenters. The zero-order chi connectivity index (χ0) is 14.8. The first-order valence-electron chi connectivity index (χ1n) is 7.67. The molecule has 0 radical (unpaired) electrons. The maximum absolute atomic E-state index is 12.1. The summed E-state index contributed by atoms with van der Waals surface area (Å²) in [5.41, 5.74) is -0.140. The van der Waals surface area contributed by atoms with E-state index in [-0.39, 0.29) is 17.6 Å². The Bertz CT molecular complexity index is 378. The second kappa shape index (κ2) is 6.12. The van der Waals surface area contributed by atoms with Gasteiger partial charge in [0.25, 0.3) is 0 Å². The molecule has 2 aliphatic rings. The summed E-state index contributed by atoms with van der Waals surface area (Å²) in [7, 11) is 0. The van der Waals surface area contributed by atoms with E-state index < -0.39 is 11.9 Å². The summed E-state index contributed by atoms with van der Waals surface area (Å²) in [6.45, 7) is 5.25. The van der Waals surface area contributed by atoms with Crippen molar-refractivity contribution < 1.29 is 19.4 Å². The number of piperidine rings is 1. The van der Waals surface area contributed by atoms with Crippen LogP contribution in [0.25, 0.3) is 0 Å². The Morgan fingerprint density at radius 3 is 2.70 bits per heavy atom. The molecule has 0 bridgehead atoms. The van der Waals surface area contributed by atoms with Crippen LogP contribution in [0.15, 0.2) is 0 Å². The van der Waals surface area contributed by atoms with Crippen molar-refractivity contribution >= 4 is 11.9 Å². The molecule has 2 rings (SSSR count). The van der Waals surface area contributed by atoms with Gasteiger partial charge in [-0.3, -0.25) is 9.59 Å². The van der Waals surface area contributed by atoms with Crippen LogP contribution in [0.5, 0.6) is 0 Å². The number of carbonyl (C=O) groups excluding carboxylic acids is 1. The van der Waals surface area contributed by atoms with Gasteiger partial charge in [0.1, 0.15) is 0 Å². The molecule has 0 spiro atoms. The molecule has 5 heteroatoms. The van der Waals surface area contributed by atoms with Crippen molar-refractivity contribution in [1.82, 2.24) is 4.90 Å².